The van der Waals surface area contributed by atoms with E-state index in [4.69, 9.17) is 16.3 Å². The molecule has 0 unspecified atom stereocenters. The molecule has 0 spiro atoms. The van der Waals surface area contributed by atoms with Crippen molar-refractivity contribution in [2.24, 2.45) is 0 Å². The molecule has 0 heterocycles. The molecule has 1 atom stereocenters. The van der Waals surface area contributed by atoms with Gasteiger partial charge in [0.15, 0.2) is 0 Å². The van der Waals surface area contributed by atoms with Gasteiger partial charge in [-0.1, -0.05) is 49.1 Å². The number of nitro groups is 1. The van der Waals surface area contributed by atoms with E-state index in [9.17, 15) is 28.1 Å². The van der Waals surface area contributed by atoms with Crippen LogP contribution in [-0.4, -0.2) is 55.8 Å². The number of rotatable bonds is 12. The van der Waals surface area contributed by atoms with Gasteiger partial charge in [0.05, 0.1) is 22.6 Å². The van der Waals surface area contributed by atoms with E-state index in [1.807, 2.05) is 0 Å². The van der Waals surface area contributed by atoms with Crippen LogP contribution in [0, 0.1) is 17.0 Å². The molecule has 2 amide bonds. The Kier molecular flexibility index (Phi) is 11.1. The Hall–Kier alpha value is -4.16. The molecule has 13 heteroatoms. The summed E-state index contributed by atoms with van der Waals surface area (Å²) in [7, 11) is -3.04. The summed E-state index contributed by atoms with van der Waals surface area (Å²) in [6, 6.07) is 15.6. The summed E-state index contributed by atoms with van der Waals surface area (Å²) in [4.78, 5) is 39.6. The molecule has 0 aliphatic heterocycles. The number of hydrogen-bond acceptors (Lipinski definition) is 7. The summed E-state index contributed by atoms with van der Waals surface area (Å²) in [6.07, 6.45) is 4.84. The van der Waals surface area contributed by atoms with Crippen LogP contribution in [0.4, 0.5) is 11.4 Å². The van der Waals surface area contributed by atoms with Gasteiger partial charge in [-0.25, -0.2) is 8.42 Å². The molecule has 4 rings (SSSR count). The van der Waals surface area contributed by atoms with Gasteiger partial charge in [-0.05, 0) is 74.7 Å². The number of aryl methyl sites for hydroxylation is 1. The zero-order chi connectivity index (χ0) is 32.7. The van der Waals surface area contributed by atoms with Crippen molar-refractivity contribution in [3.63, 3.8) is 0 Å². The number of anilines is 1. The van der Waals surface area contributed by atoms with E-state index in [-0.39, 0.29) is 40.3 Å². The number of hydrogen-bond donors (Lipinski definition) is 1. The lowest BCUT2D eigenvalue weighted by molar-refractivity contribution is -0.385. The Morgan fingerprint density at radius 3 is 2.38 bits per heavy atom. The lowest BCUT2D eigenvalue weighted by Crippen LogP contribution is -2.53. The van der Waals surface area contributed by atoms with E-state index in [1.165, 1.54) is 43.2 Å². The average molecular weight is 657 g/mol. The second-order valence-corrected chi connectivity index (χ2v) is 13.4. The van der Waals surface area contributed by atoms with Crippen LogP contribution in [0.5, 0.6) is 5.75 Å². The first-order chi connectivity index (χ1) is 21.4. The normalized spacial score (nSPS) is 14.3. The third-order valence-corrected chi connectivity index (χ3v) is 9.97. The molecule has 0 saturated heterocycles. The molecule has 0 radical (unpaired) electrons. The first-order valence-corrected chi connectivity index (χ1v) is 16.5. The van der Waals surface area contributed by atoms with Crippen LogP contribution in [0.25, 0.3) is 0 Å². The quantitative estimate of drug-likeness (QED) is 0.197. The van der Waals surface area contributed by atoms with E-state index in [0.29, 0.717) is 16.3 Å². The highest BCUT2D eigenvalue weighted by atomic mass is 35.5. The lowest BCUT2D eigenvalue weighted by Gasteiger charge is -2.33. The van der Waals surface area contributed by atoms with Crippen molar-refractivity contribution >= 4 is 44.8 Å². The SMILES string of the molecule is COc1ccc(N(CC(=O)N(Cc2cccc(Cl)c2)[C@@H](C)C(=O)NC2CCCCC2)S(=O)(=O)c2ccc(C)c([N+](=O)[O-])c2)cc1. The van der Waals surface area contributed by atoms with Crippen LogP contribution in [0.1, 0.15) is 50.2 Å². The summed E-state index contributed by atoms with van der Waals surface area (Å²) in [6.45, 7) is 2.42. The Bertz CT molecular complexity index is 1640. The van der Waals surface area contributed by atoms with Gasteiger partial charge >= 0.3 is 0 Å². The largest absolute Gasteiger partial charge is 0.497 e. The van der Waals surface area contributed by atoms with Crippen LogP contribution in [-0.2, 0) is 26.2 Å². The number of amides is 2. The number of nitrogens with one attached hydrogen (secondary N) is 1. The minimum atomic E-state index is -4.50. The van der Waals surface area contributed by atoms with E-state index < -0.39 is 33.4 Å². The molecule has 11 nitrogen and oxygen atoms in total. The third kappa shape index (κ3) is 8.31. The van der Waals surface area contributed by atoms with E-state index in [0.717, 1.165) is 42.5 Å². The fraction of sp³-hybridized carbons (Fsp3) is 0.375. The van der Waals surface area contributed by atoms with E-state index in [1.54, 1.807) is 43.3 Å². The number of carbonyl (C=O) groups is 2. The van der Waals surface area contributed by atoms with Gasteiger partial charge in [0.25, 0.3) is 15.7 Å². The molecule has 0 bridgehead atoms. The third-order valence-electron chi connectivity index (χ3n) is 7.97. The summed E-state index contributed by atoms with van der Waals surface area (Å²) in [5.41, 5.74) is 0.708. The fourth-order valence-corrected chi connectivity index (χ4v) is 6.98. The Morgan fingerprint density at radius 1 is 1.07 bits per heavy atom. The first kappa shape index (κ1) is 33.7. The van der Waals surface area contributed by atoms with Gasteiger partial charge in [0.2, 0.25) is 11.8 Å². The number of benzene rings is 3. The molecule has 1 aliphatic rings. The number of nitrogens with zero attached hydrogens (tertiary/aromatic N) is 3. The predicted molar refractivity (Wildman–Crippen MR) is 172 cm³/mol. The highest BCUT2D eigenvalue weighted by molar-refractivity contribution is 7.92. The number of methoxy groups -OCH3 is 1. The molecule has 45 heavy (non-hydrogen) atoms. The van der Waals surface area contributed by atoms with Crippen LogP contribution in [0.3, 0.4) is 0 Å². The molecular formula is C32H37ClN4O7S. The van der Waals surface area contributed by atoms with Gasteiger partial charge < -0.3 is 15.0 Å². The van der Waals surface area contributed by atoms with Gasteiger partial charge in [-0.2, -0.15) is 0 Å². The second kappa shape index (κ2) is 14.7. The zero-order valence-corrected chi connectivity index (χ0v) is 27.0. The number of ether oxygens (including phenoxy) is 1. The minimum Gasteiger partial charge on any atom is -0.497 e. The van der Waals surface area contributed by atoms with Crippen molar-refractivity contribution in [1.29, 1.82) is 0 Å². The Balaban J connectivity index is 1.72. The van der Waals surface area contributed by atoms with Gasteiger partial charge in [-0.15, -0.1) is 0 Å². The lowest BCUT2D eigenvalue weighted by atomic mass is 9.95. The molecule has 3 aromatic rings. The molecule has 0 aromatic heterocycles. The molecule has 240 valence electrons. The Labute approximate surface area is 268 Å². The monoisotopic (exact) mass is 656 g/mol. The van der Waals surface area contributed by atoms with Crippen molar-refractivity contribution < 1.29 is 27.7 Å². The summed E-state index contributed by atoms with van der Waals surface area (Å²) in [5, 5.41) is 15.1. The predicted octanol–water partition coefficient (Wildman–Crippen LogP) is 5.63. The number of sulfonamides is 1. The standard InChI is InChI=1S/C32H37ClN4O7S/c1-22-12-17-29(19-30(22)37(40)41)45(42,43)36(27-13-15-28(44-3)16-14-27)21-31(38)35(20-24-8-7-9-25(33)18-24)23(2)32(39)34-26-10-5-4-6-11-26/h7-9,12-19,23,26H,4-6,10-11,20-21H2,1-3H3,(H,34,39)/t23-/m0/s1. The average Bonchev–Trinajstić information content (AvgIpc) is 3.02. The molecule has 1 saturated carbocycles. The number of carbonyl (C=O) groups excluding carboxylic acids is 2. The minimum absolute atomic E-state index is 0.00493. The highest BCUT2D eigenvalue weighted by Crippen LogP contribution is 2.30. The van der Waals surface area contributed by atoms with E-state index in [2.05, 4.69) is 5.32 Å². The topological polar surface area (TPSA) is 139 Å². The molecule has 1 aliphatic carbocycles. The van der Waals surface area contributed by atoms with Gasteiger partial charge in [0.1, 0.15) is 18.3 Å². The smallest absolute Gasteiger partial charge is 0.273 e. The summed E-state index contributed by atoms with van der Waals surface area (Å²) < 4.78 is 34.3. The van der Waals surface area contributed by atoms with Crippen LogP contribution >= 0.6 is 11.6 Å². The van der Waals surface area contributed by atoms with Crippen LogP contribution in [0.15, 0.2) is 71.6 Å². The molecule has 1 fully saturated rings. The van der Waals surface area contributed by atoms with Crippen LogP contribution < -0.4 is 14.4 Å². The Morgan fingerprint density at radius 2 is 1.76 bits per heavy atom. The first-order valence-electron chi connectivity index (χ1n) is 14.7. The van der Waals surface area contributed by atoms with Gasteiger partial charge in [-0.3, -0.25) is 24.0 Å². The molecule has 1 N–H and O–H groups in total. The molecule has 3 aromatic carbocycles. The van der Waals surface area contributed by atoms with E-state index >= 15 is 0 Å². The second-order valence-electron chi connectivity index (χ2n) is 11.1. The van der Waals surface area contributed by atoms with Gasteiger partial charge in [0, 0.05) is 29.2 Å². The zero-order valence-electron chi connectivity index (χ0n) is 25.4. The maximum atomic E-state index is 14.2. The van der Waals surface area contributed by atoms with Crippen molar-refractivity contribution in [3.8, 4) is 5.75 Å². The summed E-state index contributed by atoms with van der Waals surface area (Å²) in [5.74, 6) is -0.531. The maximum Gasteiger partial charge on any atom is 0.273 e. The highest BCUT2D eigenvalue weighted by Gasteiger charge is 2.34. The van der Waals surface area contributed by atoms with Crippen molar-refractivity contribution in [2.75, 3.05) is 18.0 Å². The number of halogens is 1. The fourth-order valence-electron chi connectivity index (χ4n) is 5.33. The molecular weight excluding hydrogens is 620 g/mol. The summed E-state index contributed by atoms with van der Waals surface area (Å²) >= 11 is 6.21. The van der Waals surface area contributed by atoms with Crippen molar-refractivity contribution in [3.05, 3.63) is 93.0 Å². The maximum absolute atomic E-state index is 14.2. The number of nitro benzene ring substituents is 1. The van der Waals surface area contributed by atoms with Crippen molar-refractivity contribution in [1.82, 2.24) is 10.2 Å². The van der Waals surface area contributed by atoms with Crippen molar-refractivity contribution in [2.45, 2.75) is 69.5 Å². The van der Waals surface area contributed by atoms with Crippen LogP contribution in [0.2, 0.25) is 5.02 Å².